The molecule has 1 unspecified atom stereocenters. The molecule has 0 fully saturated rings. The van der Waals surface area contributed by atoms with E-state index in [-0.39, 0.29) is 6.04 Å². The summed E-state index contributed by atoms with van der Waals surface area (Å²) in [4.78, 5) is 5.07. The van der Waals surface area contributed by atoms with Gasteiger partial charge in [0.15, 0.2) is 4.34 Å². The Morgan fingerprint density at radius 2 is 2.31 bits per heavy atom. The zero-order valence-corrected chi connectivity index (χ0v) is 10.9. The van der Waals surface area contributed by atoms with Crippen LogP contribution in [0, 0.1) is 0 Å². The molecule has 6 heteroatoms. The Bertz CT molecular complexity index is 471. The van der Waals surface area contributed by atoms with Crippen molar-refractivity contribution in [2.75, 3.05) is 0 Å². The van der Waals surface area contributed by atoms with Gasteiger partial charge in [-0.25, -0.2) is 4.98 Å². The molecule has 1 aromatic carbocycles. The molecule has 16 heavy (non-hydrogen) atoms. The van der Waals surface area contributed by atoms with Crippen molar-refractivity contribution < 1.29 is 0 Å². The van der Waals surface area contributed by atoms with Crippen LogP contribution in [0.25, 0.3) is 0 Å². The van der Waals surface area contributed by atoms with E-state index in [1.807, 2.05) is 25.1 Å². The Labute approximate surface area is 107 Å². The van der Waals surface area contributed by atoms with E-state index in [2.05, 4.69) is 9.36 Å². The van der Waals surface area contributed by atoms with E-state index in [4.69, 9.17) is 17.3 Å². The molecule has 0 saturated heterocycles. The van der Waals surface area contributed by atoms with Crippen molar-refractivity contribution in [3.05, 3.63) is 35.1 Å². The van der Waals surface area contributed by atoms with Crippen LogP contribution in [-0.4, -0.2) is 9.36 Å². The largest absolute Gasteiger partial charge is 0.324 e. The third-order valence-corrected chi connectivity index (χ3v) is 4.24. The quantitative estimate of drug-likeness (QED) is 0.930. The molecule has 0 aliphatic heterocycles. The number of aromatic nitrogens is 2. The first kappa shape index (κ1) is 11.9. The predicted octanol–water partition coefficient (Wildman–Crippen LogP) is 3.36. The highest BCUT2D eigenvalue weighted by atomic mass is 35.5. The molecule has 2 rings (SSSR count). The van der Waals surface area contributed by atoms with E-state index in [9.17, 15) is 0 Å². The van der Waals surface area contributed by atoms with Crippen LogP contribution in [0.5, 0.6) is 0 Å². The van der Waals surface area contributed by atoms with Crippen molar-refractivity contribution in [2.45, 2.75) is 22.2 Å². The second kappa shape index (κ2) is 5.14. The molecule has 3 nitrogen and oxygen atoms in total. The molecule has 1 aromatic heterocycles. The Morgan fingerprint density at radius 1 is 1.50 bits per heavy atom. The predicted molar refractivity (Wildman–Crippen MR) is 68.1 cm³/mol. The van der Waals surface area contributed by atoms with Crippen LogP contribution in [-0.2, 0) is 0 Å². The van der Waals surface area contributed by atoms with Gasteiger partial charge in [0.1, 0.15) is 6.33 Å². The lowest BCUT2D eigenvalue weighted by Gasteiger charge is -2.08. The van der Waals surface area contributed by atoms with E-state index >= 15 is 0 Å². The second-order valence-corrected chi connectivity index (χ2v) is 5.76. The van der Waals surface area contributed by atoms with Crippen LogP contribution in [0.4, 0.5) is 0 Å². The van der Waals surface area contributed by atoms with Gasteiger partial charge in [-0.1, -0.05) is 29.4 Å². The molecule has 0 aliphatic carbocycles. The zero-order chi connectivity index (χ0) is 11.5. The van der Waals surface area contributed by atoms with Gasteiger partial charge in [0, 0.05) is 10.9 Å². The maximum absolute atomic E-state index is 6.17. The highest BCUT2D eigenvalue weighted by Crippen LogP contribution is 2.34. The average molecular weight is 272 g/mol. The van der Waals surface area contributed by atoms with Gasteiger partial charge in [-0.15, -0.1) is 0 Å². The smallest absolute Gasteiger partial charge is 0.174 e. The van der Waals surface area contributed by atoms with Gasteiger partial charge in [-0.3, -0.25) is 0 Å². The SMILES string of the molecule is CC(N)c1ccc(Sc2ncns2)c(Cl)c1. The maximum atomic E-state index is 6.17. The molecule has 0 aliphatic rings. The fourth-order valence-electron chi connectivity index (χ4n) is 1.19. The zero-order valence-electron chi connectivity index (χ0n) is 8.55. The second-order valence-electron chi connectivity index (χ2n) is 3.29. The van der Waals surface area contributed by atoms with Crippen LogP contribution in [0.2, 0.25) is 5.02 Å². The van der Waals surface area contributed by atoms with Crippen molar-refractivity contribution >= 4 is 34.9 Å². The monoisotopic (exact) mass is 271 g/mol. The number of nitrogens with two attached hydrogens (primary N) is 1. The summed E-state index contributed by atoms with van der Waals surface area (Å²) in [6.07, 6.45) is 1.54. The van der Waals surface area contributed by atoms with Gasteiger partial charge in [0.25, 0.3) is 0 Å². The first-order valence-electron chi connectivity index (χ1n) is 4.66. The molecule has 0 amide bonds. The molecule has 0 saturated carbocycles. The summed E-state index contributed by atoms with van der Waals surface area (Å²) in [7, 11) is 0. The Morgan fingerprint density at radius 3 is 2.88 bits per heavy atom. The molecule has 2 aromatic rings. The molecule has 0 radical (unpaired) electrons. The van der Waals surface area contributed by atoms with Crippen molar-refractivity contribution in [3.63, 3.8) is 0 Å². The summed E-state index contributed by atoms with van der Waals surface area (Å²) < 4.78 is 4.83. The highest BCUT2D eigenvalue weighted by molar-refractivity contribution is 8.01. The van der Waals surface area contributed by atoms with Crippen LogP contribution < -0.4 is 5.73 Å². The molecular formula is C10H10ClN3S2. The third-order valence-electron chi connectivity index (χ3n) is 2.02. The maximum Gasteiger partial charge on any atom is 0.174 e. The fourth-order valence-corrected chi connectivity index (χ4v) is 2.90. The van der Waals surface area contributed by atoms with Gasteiger partial charge in [0.2, 0.25) is 0 Å². The van der Waals surface area contributed by atoms with Crippen molar-refractivity contribution in [1.29, 1.82) is 0 Å². The lowest BCUT2D eigenvalue weighted by Crippen LogP contribution is -2.04. The Balaban J connectivity index is 2.23. The standard InChI is InChI=1S/C10H10ClN3S2/c1-6(12)7-2-3-9(8(11)4-7)15-10-13-5-14-16-10/h2-6H,12H2,1H3. The van der Waals surface area contributed by atoms with Gasteiger partial charge in [-0.2, -0.15) is 4.37 Å². The van der Waals surface area contributed by atoms with Gasteiger partial charge >= 0.3 is 0 Å². The lowest BCUT2D eigenvalue weighted by atomic mass is 10.1. The minimum absolute atomic E-state index is 0.00178. The summed E-state index contributed by atoms with van der Waals surface area (Å²) in [5, 5.41) is 0.704. The van der Waals surface area contributed by atoms with E-state index < -0.39 is 0 Å². The minimum Gasteiger partial charge on any atom is -0.324 e. The van der Waals surface area contributed by atoms with Crippen LogP contribution in [0.3, 0.4) is 0 Å². The van der Waals surface area contributed by atoms with Gasteiger partial charge < -0.3 is 5.73 Å². The topological polar surface area (TPSA) is 51.8 Å². The number of hydrogen-bond donors (Lipinski definition) is 1. The summed E-state index contributed by atoms with van der Waals surface area (Å²) in [5.41, 5.74) is 6.82. The summed E-state index contributed by atoms with van der Waals surface area (Å²) in [6.45, 7) is 1.93. The molecular weight excluding hydrogens is 262 g/mol. The molecule has 0 spiro atoms. The lowest BCUT2D eigenvalue weighted by molar-refractivity contribution is 0.817. The van der Waals surface area contributed by atoms with Crippen molar-refractivity contribution in [1.82, 2.24) is 9.36 Å². The van der Waals surface area contributed by atoms with Gasteiger partial charge in [-0.05, 0) is 36.2 Å². The van der Waals surface area contributed by atoms with Crippen molar-refractivity contribution in [3.8, 4) is 0 Å². The summed E-state index contributed by atoms with van der Waals surface area (Å²) in [5.74, 6) is 0. The van der Waals surface area contributed by atoms with E-state index in [1.54, 1.807) is 0 Å². The molecule has 84 valence electrons. The third kappa shape index (κ3) is 2.74. The van der Waals surface area contributed by atoms with Gasteiger partial charge in [0.05, 0.1) is 5.02 Å². The number of hydrogen-bond acceptors (Lipinski definition) is 5. The Kier molecular flexibility index (Phi) is 3.81. The summed E-state index contributed by atoms with van der Waals surface area (Å²) in [6, 6.07) is 5.85. The summed E-state index contributed by atoms with van der Waals surface area (Å²) >= 11 is 9.04. The van der Waals surface area contributed by atoms with E-state index in [1.165, 1.54) is 29.6 Å². The van der Waals surface area contributed by atoms with E-state index in [0.29, 0.717) is 5.02 Å². The Hall–Kier alpha value is -0.620. The molecule has 1 atom stereocenters. The first-order chi connectivity index (χ1) is 7.66. The van der Waals surface area contributed by atoms with E-state index in [0.717, 1.165) is 14.8 Å². The van der Waals surface area contributed by atoms with Crippen LogP contribution >= 0.6 is 34.9 Å². The van der Waals surface area contributed by atoms with Crippen molar-refractivity contribution in [2.24, 2.45) is 5.73 Å². The number of nitrogens with zero attached hydrogens (tertiary/aromatic N) is 2. The number of benzene rings is 1. The molecule has 0 bridgehead atoms. The average Bonchev–Trinajstić information content (AvgIpc) is 2.73. The minimum atomic E-state index is -0.00178. The first-order valence-corrected chi connectivity index (χ1v) is 6.63. The van der Waals surface area contributed by atoms with Crippen LogP contribution in [0.15, 0.2) is 33.8 Å². The molecule has 2 N–H and O–H groups in total. The fraction of sp³-hybridized carbons (Fsp3) is 0.200. The van der Waals surface area contributed by atoms with Crippen LogP contribution in [0.1, 0.15) is 18.5 Å². The highest BCUT2D eigenvalue weighted by Gasteiger charge is 2.07. The molecule has 1 heterocycles. The number of rotatable bonds is 3. The normalized spacial score (nSPS) is 12.7. The number of halogens is 1.